The van der Waals surface area contributed by atoms with Gasteiger partial charge in [0.05, 0.1) is 12.5 Å². The number of carbonyl (C=O) groups is 2. The molecule has 0 aromatic carbocycles. The second-order valence-corrected chi connectivity index (χ2v) is 3.53. The zero-order valence-corrected chi connectivity index (χ0v) is 7.06. The number of nitrogens with two attached hydrogens (primary N) is 1. The van der Waals surface area contributed by atoms with E-state index in [9.17, 15) is 9.59 Å². The van der Waals surface area contributed by atoms with E-state index in [0.29, 0.717) is 19.4 Å². The molecule has 0 bridgehead atoms. The van der Waals surface area contributed by atoms with E-state index in [-0.39, 0.29) is 23.9 Å². The van der Waals surface area contributed by atoms with E-state index in [1.54, 1.807) is 0 Å². The molecule has 72 valence electrons. The maximum atomic E-state index is 11.1. The Morgan fingerprint density at radius 3 is 2.92 bits per heavy atom. The molecule has 2 aliphatic rings. The first-order valence-electron chi connectivity index (χ1n) is 4.29. The van der Waals surface area contributed by atoms with Crippen molar-refractivity contribution in [1.29, 1.82) is 0 Å². The van der Waals surface area contributed by atoms with Gasteiger partial charge in [0.15, 0.2) is 0 Å². The van der Waals surface area contributed by atoms with Crippen molar-refractivity contribution in [3.05, 3.63) is 0 Å². The van der Waals surface area contributed by atoms with Gasteiger partial charge in [-0.1, -0.05) is 0 Å². The van der Waals surface area contributed by atoms with Gasteiger partial charge < -0.3 is 15.2 Å². The molecule has 1 amide bonds. The lowest BCUT2D eigenvalue weighted by Gasteiger charge is -2.09. The van der Waals surface area contributed by atoms with E-state index < -0.39 is 6.09 Å². The van der Waals surface area contributed by atoms with E-state index in [0.717, 1.165) is 0 Å². The van der Waals surface area contributed by atoms with Crippen LogP contribution in [0.15, 0.2) is 0 Å². The van der Waals surface area contributed by atoms with Crippen molar-refractivity contribution in [3.63, 3.8) is 0 Å². The van der Waals surface area contributed by atoms with E-state index in [1.165, 1.54) is 0 Å². The second-order valence-electron chi connectivity index (χ2n) is 3.53. The Labute approximate surface area is 75.2 Å². The molecule has 1 aliphatic heterocycles. The normalized spacial score (nSPS) is 36.9. The highest BCUT2D eigenvalue weighted by molar-refractivity contribution is 5.75. The Balaban J connectivity index is 1.94. The predicted octanol–water partition coefficient (Wildman–Crippen LogP) is 0.0333. The van der Waals surface area contributed by atoms with Crippen LogP contribution < -0.4 is 5.73 Å². The number of carbonyl (C=O) groups excluding carboxylic acids is 2. The molecule has 2 fully saturated rings. The van der Waals surface area contributed by atoms with Crippen LogP contribution in [-0.2, 0) is 14.3 Å². The van der Waals surface area contributed by atoms with Gasteiger partial charge in [0.1, 0.15) is 6.10 Å². The number of hydrogen-bond acceptors (Lipinski definition) is 4. The summed E-state index contributed by atoms with van der Waals surface area (Å²) in [6.45, 7) is 0.460. The minimum Gasteiger partial charge on any atom is -0.465 e. The fraction of sp³-hybridized carbons (Fsp3) is 0.750. The summed E-state index contributed by atoms with van der Waals surface area (Å²) in [4.78, 5) is 21.5. The summed E-state index contributed by atoms with van der Waals surface area (Å²) in [5.41, 5.74) is 4.88. The predicted molar refractivity (Wildman–Crippen MR) is 41.6 cm³/mol. The van der Waals surface area contributed by atoms with Crippen LogP contribution in [0.1, 0.15) is 12.8 Å². The van der Waals surface area contributed by atoms with Crippen LogP contribution in [0.5, 0.6) is 0 Å². The third kappa shape index (κ3) is 1.46. The minimum atomic E-state index is -0.765. The molecule has 0 radical (unpaired) electrons. The van der Waals surface area contributed by atoms with Gasteiger partial charge in [0.25, 0.3) is 0 Å². The summed E-state index contributed by atoms with van der Waals surface area (Å²) in [6, 6.07) is 0. The summed E-state index contributed by atoms with van der Waals surface area (Å²) in [5, 5.41) is 0. The van der Waals surface area contributed by atoms with Crippen molar-refractivity contribution in [3.8, 4) is 0 Å². The van der Waals surface area contributed by atoms with Gasteiger partial charge in [-0.05, 0) is 12.8 Å². The van der Waals surface area contributed by atoms with Crippen molar-refractivity contribution in [2.45, 2.75) is 18.9 Å². The number of primary amides is 1. The van der Waals surface area contributed by atoms with E-state index in [1.807, 2.05) is 0 Å². The lowest BCUT2D eigenvalue weighted by Crippen LogP contribution is -2.21. The molecular weight excluding hydrogens is 174 g/mol. The molecule has 0 aromatic rings. The maximum Gasteiger partial charge on any atom is 0.404 e. The number of fused-ring (bicyclic) bond motifs is 1. The fourth-order valence-electron chi connectivity index (χ4n) is 2.10. The first-order valence-corrected chi connectivity index (χ1v) is 4.29. The van der Waals surface area contributed by atoms with Crippen LogP contribution in [0.4, 0.5) is 4.79 Å². The van der Waals surface area contributed by atoms with Gasteiger partial charge in [0.2, 0.25) is 0 Å². The molecule has 1 heterocycles. The van der Waals surface area contributed by atoms with E-state index >= 15 is 0 Å². The topological polar surface area (TPSA) is 78.6 Å². The van der Waals surface area contributed by atoms with Gasteiger partial charge in [-0.15, -0.1) is 0 Å². The molecule has 5 heteroatoms. The zero-order valence-electron chi connectivity index (χ0n) is 7.06. The molecule has 1 saturated heterocycles. The van der Waals surface area contributed by atoms with Crippen molar-refractivity contribution in [2.75, 3.05) is 6.61 Å². The number of ether oxygens (including phenoxy) is 2. The molecule has 0 unspecified atom stereocenters. The fourth-order valence-corrected chi connectivity index (χ4v) is 2.10. The number of amides is 1. The van der Waals surface area contributed by atoms with Crippen LogP contribution in [0.3, 0.4) is 0 Å². The van der Waals surface area contributed by atoms with Crippen LogP contribution in [0, 0.1) is 11.8 Å². The number of cyclic esters (lactones) is 1. The van der Waals surface area contributed by atoms with Gasteiger partial charge in [0, 0.05) is 5.92 Å². The SMILES string of the molecule is NC(=O)O[C@@H]1C[C@@H]2COC(=O)[C@@H]2C1. The van der Waals surface area contributed by atoms with Crippen molar-refractivity contribution in [2.24, 2.45) is 17.6 Å². The molecule has 3 atom stereocenters. The Hall–Kier alpha value is -1.26. The Kier molecular flexibility index (Phi) is 1.86. The Bertz CT molecular complexity index is 253. The number of esters is 1. The largest absolute Gasteiger partial charge is 0.465 e. The highest BCUT2D eigenvalue weighted by Gasteiger charge is 2.45. The highest BCUT2D eigenvalue weighted by Crippen LogP contribution is 2.38. The summed E-state index contributed by atoms with van der Waals surface area (Å²) in [7, 11) is 0. The molecule has 2 rings (SSSR count). The average molecular weight is 185 g/mol. The highest BCUT2D eigenvalue weighted by atomic mass is 16.6. The summed E-state index contributed by atoms with van der Waals surface area (Å²) in [6.07, 6.45) is 0.296. The van der Waals surface area contributed by atoms with Crippen LogP contribution in [0.2, 0.25) is 0 Å². The monoisotopic (exact) mass is 185 g/mol. The minimum absolute atomic E-state index is 0.0793. The molecule has 0 aromatic heterocycles. The zero-order chi connectivity index (χ0) is 9.42. The lowest BCUT2D eigenvalue weighted by molar-refractivity contribution is -0.141. The molecule has 1 saturated carbocycles. The summed E-state index contributed by atoms with van der Waals surface area (Å²) >= 11 is 0. The molecule has 0 spiro atoms. The third-order valence-electron chi connectivity index (χ3n) is 2.68. The standard InChI is InChI=1S/C8H11NO4/c9-8(11)13-5-1-4-3-12-7(10)6(4)2-5/h4-6H,1-3H2,(H2,9,11)/t4-,5-,6-/m1/s1. The van der Waals surface area contributed by atoms with E-state index in [4.69, 9.17) is 15.2 Å². The third-order valence-corrected chi connectivity index (χ3v) is 2.68. The van der Waals surface area contributed by atoms with Gasteiger partial charge in [-0.3, -0.25) is 4.79 Å². The molecule has 13 heavy (non-hydrogen) atoms. The number of hydrogen-bond donors (Lipinski definition) is 1. The first kappa shape index (κ1) is 8.34. The Morgan fingerprint density at radius 2 is 2.31 bits per heavy atom. The van der Waals surface area contributed by atoms with E-state index in [2.05, 4.69) is 0 Å². The van der Waals surface area contributed by atoms with Gasteiger partial charge >= 0.3 is 12.1 Å². The lowest BCUT2D eigenvalue weighted by atomic mass is 10.0. The summed E-state index contributed by atoms with van der Waals surface area (Å²) in [5.74, 6) is -0.0261. The quantitative estimate of drug-likeness (QED) is 0.584. The smallest absolute Gasteiger partial charge is 0.404 e. The van der Waals surface area contributed by atoms with Crippen molar-refractivity contribution >= 4 is 12.1 Å². The maximum absolute atomic E-state index is 11.1. The summed E-state index contributed by atoms with van der Waals surface area (Å²) < 4.78 is 9.69. The van der Waals surface area contributed by atoms with Crippen molar-refractivity contribution < 1.29 is 19.1 Å². The van der Waals surface area contributed by atoms with Crippen LogP contribution >= 0.6 is 0 Å². The number of rotatable bonds is 1. The Morgan fingerprint density at radius 1 is 1.54 bits per heavy atom. The first-order chi connectivity index (χ1) is 6.16. The second kappa shape index (κ2) is 2.90. The van der Waals surface area contributed by atoms with Crippen LogP contribution in [0.25, 0.3) is 0 Å². The average Bonchev–Trinajstić information content (AvgIpc) is 2.53. The van der Waals surface area contributed by atoms with Gasteiger partial charge in [-0.25, -0.2) is 4.79 Å². The molecular formula is C8H11NO4. The molecule has 5 nitrogen and oxygen atoms in total. The van der Waals surface area contributed by atoms with Crippen molar-refractivity contribution in [1.82, 2.24) is 0 Å². The molecule has 1 aliphatic carbocycles. The van der Waals surface area contributed by atoms with Gasteiger partial charge in [-0.2, -0.15) is 0 Å². The van der Waals surface area contributed by atoms with Crippen LogP contribution in [-0.4, -0.2) is 24.8 Å². The molecule has 2 N–H and O–H groups in total.